The van der Waals surface area contributed by atoms with Crippen LogP contribution in [0.15, 0.2) is 91.0 Å². The largest absolute Gasteiger partial charge is 0.306 e. The first kappa shape index (κ1) is 14.6. The molecule has 3 aromatic carbocycles. The summed E-state index contributed by atoms with van der Waals surface area (Å²) in [5.41, 5.74) is 3.98. The molecule has 22 heavy (non-hydrogen) atoms. The molecule has 3 rings (SSSR count). The predicted molar refractivity (Wildman–Crippen MR) is 92.9 cm³/mol. The molecule has 0 aliphatic heterocycles. The standard InChI is InChI=1S/C21H21N/c1-4-10-18(11-5-1)16-17-22-21(19-12-6-2-7-13-19)20-14-8-3-9-15-20/h1-15,21-22H,16-17H2. The van der Waals surface area contributed by atoms with Gasteiger partial charge in [0.25, 0.3) is 0 Å². The van der Waals surface area contributed by atoms with E-state index in [0.29, 0.717) is 0 Å². The zero-order valence-corrected chi connectivity index (χ0v) is 12.7. The molecule has 0 unspecified atom stereocenters. The van der Waals surface area contributed by atoms with Gasteiger partial charge in [0.15, 0.2) is 0 Å². The molecule has 1 heteroatoms. The van der Waals surface area contributed by atoms with E-state index in [1.54, 1.807) is 0 Å². The van der Waals surface area contributed by atoms with Crippen molar-refractivity contribution < 1.29 is 0 Å². The summed E-state index contributed by atoms with van der Waals surface area (Å²) < 4.78 is 0. The lowest BCUT2D eigenvalue weighted by atomic mass is 9.98. The summed E-state index contributed by atoms with van der Waals surface area (Å²) in [5.74, 6) is 0. The second kappa shape index (κ2) is 7.58. The van der Waals surface area contributed by atoms with Crippen molar-refractivity contribution in [2.45, 2.75) is 12.5 Å². The van der Waals surface area contributed by atoms with Gasteiger partial charge in [-0.1, -0.05) is 91.0 Å². The van der Waals surface area contributed by atoms with Crippen molar-refractivity contribution in [1.29, 1.82) is 0 Å². The fourth-order valence-electron chi connectivity index (χ4n) is 2.72. The molecule has 0 heterocycles. The van der Waals surface area contributed by atoms with Crippen LogP contribution in [0.25, 0.3) is 0 Å². The Hall–Kier alpha value is -2.38. The highest BCUT2D eigenvalue weighted by Crippen LogP contribution is 2.21. The van der Waals surface area contributed by atoms with Crippen LogP contribution in [0.1, 0.15) is 22.7 Å². The summed E-state index contributed by atoms with van der Waals surface area (Å²) in [6, 6.07) is 32.2. The summed E-state index contributed by atoms with van der Waals surface area (Å²) >= 11 is 0. The number of benzene rings is 3. The van der Waals surface area contributed by atoms with Crippen LogP contribution in [0.4, 0.5) is 0 Å². The minimum atomic E-state index is 0.242. The quantitative estimate of drug-likeness (QED) is 0.698. The lowest BCUT2D eigenvalue weighted by Gasteiger charge is -2.20. The Bertz CT molecular complexity index is 623. The third-order valence-corrected chi connectivity index (χ3v) is 3.87. The normalized spacial score (nSPS) is 10.8. The molecule has 0 amide bonds. The van der Waals surface area contributed by atoms with E-state index in [2.05, 4.69) is 96.3 Å². The van der Waals surface area contributed by atoms with Crippen LogP contribution in [0, 0.1) is 0 Å². The molecule has 1 nitrogen and oxygen atoms in total. The van der Waals surface area contributed by atoms with Gasteiger partial charge in [0.05, 0.1) is 6.04 Å². The van der Waals surface area contributed by atoms with Crippen molar-refractivity contribution in [2.75, 3.05) is 6.54 Å². The van der Waals surface area contributed by atoms with E-state index in [4.69, 9.17) is 0 Å². The third kappa shape index (κ3) is 3.84. The molecule has 0 aliphatic rings. The zero-order chi connectivity index (χ0) is 15.0. The van der Waals surface area contributed by atoms with E-state index in [1.165, 1.54) is 16.7 Å². The highest BCUT2D eigenvalue weighted by molar-refractivity contribution is 5.31. The number of hydrogen-bond acceptors (Lipinski definition) is 1. The van der Waals surface area contributed by atoms with Crippen molar-refractivity contribution in [3.63, 3.8) is 0 Å². The molecule has 0 saturated carbocycles. The van der Waals surface area contributed by atoms with E-state index in [-0.39, 0.29) is 6.04 Å². The van der Waals surface area contributed by atoms with Crippen molar-refractivity contribution in [3.05, 3.63) is 108 Å². The van der Waals surface area contributed by atoms with Crippen LogP contribution in [0.5, 0.6) is 0 Å². The summed E-state index contributed by atoms with van der Waals surface area (Å²) in [5, 5.41) is 3.70. The fraction of sp³-hybridized carbons (Fsp3) is 0.143. The average Bonchev–Trinajstić information content (AvgIpc) is 2.61. The molecule has 0 spiro atoms. The number of hydrogen-bond donors (Lipinski definition) is 1. The maximum atomic E-state index is 3.70. The van der Waals surface area contributed by atoms with Crippen LogP contribution < -0.4 is 5.32 Å². The van der Waals surface area contributed by atoms with Crippen molar-refractivity contribution in [2.24, 2.45) is 0 Å². The van der Waals surface area contributed by atoms with Crippen molar-refractivity contribution >= 4 is 0 Å². The molecule has 0 atom stereocenters. The Labute approximate surface area is 132 Å². The molecule has 0 bridgehead atoms. The smallest absolute Gasteiger partial charge is 0.0576 e. The Kier molecular flexibility index (Phi) is 5.01. The Balaban J connectivity index is 1.72. The third-order valence-electron chi connectivity index (χ3n) is 3.87. The van der Waals surface area contributed by atoms with E-state index < -0.39 is 0 Å². The summed E-state index contributed by atoms with van der Waals surface area (Å²) in [7, 11) is 0. The second-order valence-electron chi connectivity index (χ2n) is 5.44. The summed E-state index contributed by atoms with van der Waals surface area (Å²) in [4.78, 5) is 0. The minimum absolute atomic E-state index is 0.242. The number of nitrogens with one attached hydrogen (secondary N) is 1. The molecule has 0 aliphatic carbocycles. The average molecular weight is 287 g/mol. The maximum absolute atomic E-state index is 3.70. The van der Waals surface area contributed by atoms with Gasteiger partial charge in [-0.25, -0.2) is 0 Å². The Morgan fingerprint density at radius 2 is 1.05 bits per heavy atom. The van der Waals surface area contributed by atoms with Crippen LogP contribution in [0.3, 0.4) is 0 Å². The first-order valence-electron chi connectivity index (χ1n) is 7.81. The zero-order valence-electron chi connectivity index (χ0n) is 12.7. The fourth-order valence-corrected chi connectivity index (χ4v) is 2.72. The molecule has 0 radical (unpaired) electrons. The molecule has 0 fully saturated rings. The maximum Gasteiger partial charge on any atom is 0.0576 e. The van der Waals surface area contributed by atoms with Gasteiger partial charge in [-0.2, -0.15) is 0 Å². The summed E-state index contributed by atoms with van der Waals surface area (Å²) in [6.07, 6.45) is 1.04. The van der Waals surface area contributed by atoms with Gasteiger partial charge in [-0.15, -0.1) is 0 Å². The molecule has 0 aromatic heterocycles. The lowest BCUT2D eigenvalue weighted by molar-refractivity contribution is 0.606. The summed E-state index contributed by atoms with van der Waals surface area (Å²) in [6.45, 7) is 0.957. The van der Waals surface area contributed by atoms with Crippen LogP contribution >= 0.6 is 0 Å². The SMILES string of the molecule is c1ccc(CCNC(c2ccccc2)c2ccccc2)cc1. The van der Waals surface area contributed by atoms with Crippen molar-refractivity contribution in [3.8, 4) is 0 Å². The van der Waals surface area contributed by atoms with Gasteiger partial charge in [-0.3, -0.25) is 0 Å². The van der Waals surface area contributed by atoms with E-state index in [9.17, 15) is 0 Å². The predicted octanol–water partition coefficient (Wildman–Crippen LogP) is 4.61. The minimum Gasteiger partial charge on any atom is -0.306 e. The molecule has 1 N–H and O–H groups in total. The molecule has 0 saturated heterocycles. The van der Waals surface area contributed by atoms with E-state index in [0.717, 1.165) is 13.0 Å². The van der Waals surface area contributed by atoms with E-state index in [1.807, 2.05) is 0 Å². The van der Waals surface area contributed by atoms with E-state index >= 15 is 0 Å². The lowest BCUT2D eigenvalue weighted by Crippen LogP contribution is -2.24. The van der Waals surface area contributed by atoms with Crippen LogP contribution in [-0.2, 0) is 6.42 Å². The molecule has 110 valence electrons. The molecular weight excluding hydrogens is 266 g/mol. The monoisotopic (exact) mass is 287 g/mol. The van der Waals surface area contributed by atoms with Crippen molar-refractivity contribution in [1.82, 2.24) is 5.32 Å². The highest BCUT2D eigenvalue weighted by atomic mass is 14.9. The highest BCUT2D eigenvalue weighted by Gasteiger charge is 2.12. The van der Waals surface area contributed by atoms with Crippen LogP contribution in [-0.4, -0.2) is 6.54 Å². The topological polar surface area (TPSA) is 12.0 Å². The number of rotatable bonds is 6. The Morgan fingerprint density at radius 1 is 0.591 bits per heavy atom. The second-order valence-corrected chi connectivity index (χ2v) is 5.44. The van der Waals surface area contributed by atoms with Gasteiger partial charge in [0.2, 0.25) is 0 Å². The molecular formula is C21H21N. The van der Waals surface area contributed by atoms with Gasteiger partial charge < -0.3 is 5.32 Å². The van der Waals surface area contributed by atoms with Gasteiger partial charge in [-0.05, 0) is 23.1 Å². The Morgan fingerprint density at radius 3 is 1.55 bits per heavy atom. The first-order valence-corrected chi connectivity index (χ1v) is 7.81. The molecule has 3 aromatic rings. The van der Waals surface area contributed by atoms with Gasteiger partial charge in [0.1, 0.15) is 0 Å². The van der Waals surface area contributed by atoms with Crippen LogP contribution in [0.2, 0.25) is 0 Å². The van der Waals surface area contributed by atoms with Gasteiger partial charge >= 0.3 is 0 Å². The first-order chi connectivity index (χ1) is 10.9. The van der Waals surface area contributed by atoms with Gasteiger partial charge in [0, 0.05) is 6.54 Å².